The minimum atomic E-state index is -4.39. The van der Waals surface area contributed by atoms with Crippen molar-refractivity contribution in [3.8, 4) is 0 Å². The molecule has 0 aromatic heterocycles. The predicted molar refractivity (Wildman–Crippen MR) is 65.7 cm³/mol. The van der Waals surface area contributed by atoms with Gasteiger partial charge in [0.05, 0.1) is 5.38 Å². The lowest BCUT2D eigenvalue weighted by Gasteiger charge is -2.09. The summed E-state index contributed by atoms with van der Waals surface area (Å²) in [6.45, 7) is 1.47. The van der Waals surface area contributed by atoms with Crippen LogP contribution in [0.1, 0.15) is 17.3 Å². The van der Waals surface area contributed by atoms with Gasteiger partial charge in [-0.2, -0.15) is 13.2 Å². The molecule has 0 spiro atoms. The Bertz CT molecular complexity index is 434. The van der Waals surface area contributed by atoms with Crippen molar-refractivity contribution in [3.05, 3.63) is 28.2 Å². The second-order valence-electron chi connectivity index (χ2n) is 3.17. The molecule has 0 radical (unpaired) electrons. The van der Waals surface area contributed by atoms with Gasteiger partial charge in [-0.15, -0.1) is 11.6 Å². The van der Waals surface area contributed by atoms with E-state index in [4.69, 9.17) is 11.6 Å². The predicted octanol–water partition coefficient (Wildman–Crippen LogP) is 4.87. The molecule has 0 aliphatic rings. The molecule has 1 atom stereocenters. The highest BCUT2D eigenvalue weighted by molar-refractivity contribution is 9.10. The number of carbonyl (C=O) groups excluding carboxylic acids is 1. The van der Waals surface area contributed by atoms with Crippen molar-refractivity contribution in [2.24, 2.45) is 0 Å². The van der Waals surface area contributed by atoms with Crippen LogP contribution in [0.5, 0.6) is 0 Å². The number of carbonyl (C=O) groups is 1. The van der Waals surface area contributed by atoms with Crippen LogP contribution in [0.15, 0.2) is 27.6 Å². The summed E-state index contributed by atoms with van der Waals surface area (Å²) in [4.78, 5) is 11.5. The normalized spacial score (nSPS) is 13.5. The molecule has 0 fully saturated rings. The highest BCUT2D eigenvalue weighted by Crippen LogP contribution is 2.40. The number of halogens is 5. The van der Waals surface area contributed by atoms with Gasteiger partial charge in [0.15, 0.2) is 5.78 Å². The molecule has 1 aromatic carbocycles. The van der Waals surface area contributed by atoms with E-state index in [2.05, 4.69) is 15.9 Å². The van der Waals surface area contributed by atoms with E-state index in [1.807, 2.05) is 0 Å². The van der Waals surface area contributed by atoms with Crippen molar-refractivity contribution < 1.29 is 18.0 Å². The van der Waals surface area contributed by atoms with Crippen molar-refractivity contribution in [2.75, 3.05) is 0 Å². The molecular formula is C10H7BrClF3OS. The highest BCUT2D eigenvalue weighted by Gasteiger charge is 2.30. The van der Waals surface area contributed by atoms with Gasteiger partial charge in [0, 0.05) is 14.9 Å². The molecule has 0 aliphatic heterocycles. The number of benzene rings is 1. The van der Waals surface area contributed by atoms with Crippen LogP contribution in [-0.4, -0.2) is 16.7 Å². The molecule has 7 heteroatoms. The Morgan fingerprint density at radius 3 is 2.53 bits per heavy atom. The van der Waals surface area contributed by atoms with Gasteiger partial charge in [-0.1, -0.05) is 6.07 Å². The fourth-order valence-corrected chi connectivity index (χ4v) is 2.31. The SMILES string of the molecule is CC(Cl)C(=O)c1ccc(Br)c(SC(F)(F)F)c1. The van der Waals surface area contributed by atoms with Crippen LogP contribution in [0.2, 0.25) is 0 Å². The van der Waals surface area contributed by atoms with Crippen LogP contribution in [-0.2, 0) is 0 Å². The summed E-state index contributed by atoms with van der Waals surface area (Å²) in [6, 6.07) is 4.02. The van der Waals surface area contributed by atoms with Crippen molar-refractivity contribution in [2.45, 2.75) is 22.7 Å². The monoisotopic (exact) mass is 346 g/mol. The second-order valence-corrected chi connectivity index (χ2v) is 5.79. The van der Waals surface area contributed by atoms with Crippen LogP contribution in [0.25, 0.3) is 0 Å². The van der Waals surface area contributed by atoms with E-state index in [0.717, 1.165) is 0 Å². The third-order valence-electron chi connectivity index (χ3n) is 1.80. The number of thioether (sulfide) groups is 1. The zero-order valence-corrected chi connectivity index (χ0v) is 11.7. The summed E-state index contributed by atoms with van der Waals surface area (Å²) in [6.07, 6.45) is 0. The Morgan fingerprint density at radius 1 is 1.47 bits per heavy atom. The van der Waals surface area contributed by atoms with Crippen molar-refractivity contribution in [3.63, 3.8) is 0 Å². The van der Waals surface area contributed by atoms with Gasteiger partial charge in [0.25, 0.3) is 0 Å². The molecule has 0 bridgehead atoms. The molecule has 1 rings (SSSR count). The number of hydrogen-bond donors (Lipinski definition) is 0. The standard InChI is InChI=1S/C10H7BrClF3OS/c1-5(12)9(16)6-2-3-7(11)8(4-6)17-10(13,14)15/h2-5H,1H3. The van der Waals surface area contributed by atoms with Crippen LogP contribution < -0.4 is 0 Å². The molecule has 0 saturated carbocycles. The Hall–Kier alpha value is -0.200. The lowest BCUT2D eigenvalue weighted by molar-refractivity contribution is -0.0328. The van der Waals surface area contributed by atoms with Crippen LogP contribution in [0.3, 0.4) is 0 Å². The van der Waals surface area contributed by atoms with E-state index in [0.29, 0.717) is 4.47 Å². The molecule has 1 aromatic rings. The summed E-state index contributed by atoms with van der Waals surface area (Å²) in [5.41, 5.74) is -4.22. The zero-order chi connectivity index (χ0) is 13.2. The molecular weight excluding hydrogens is 341 g/mol. The molecule has 0 saturated heterocycles. The fraction of sp³-hybridized carbons (Fsp3) is 0.300. The fourth-order valence-electron chi connectivity index (χ4n) is 1.09. The van der Waals surface area contributed by atoms with Crippen LogP contribution in [0.4, 0.5) is 13.2 Å². The van der Waals surface area contributed by atoms with Gasteiger partial charge in [0.1, 0.15) is 0 Å². The van der Waals surface area contributed by atoms with Crippen LogP contribution in [0, 0.1) is 0 Å². The van der Waals surface area contributed by atoms with Gasteiger partial charge in [0.2, 0.25) is 0 Å². The number of hydrogen-bond acceptors (Lipinski definition) is 2. The van der Waals surface area contributed by atoms with Gasteiger partial charge in [-0.25, -0.2) is 0 Å². The smallest absolute Gasteiger partial charge is 0.293 e. The lowest BCUT2D eigenvalue weighted by Crippen LogP contribution is -2.10. The average molecular weight is 348 g/mol. The first-order valence-electron chi connectivity index (χ1n) is 4.44. The Balaban J connectivity index is 3.07. The van der Waals surface area contributed by atoms with E-state index in [1.165, 1.54) is 25.1 Å². The maximum absolute atomic E-state index is 12.2. The first-order valence-corrected chi connectivity index (χ1v) is 6.49. The van der Waals surface area contributed by atoms with E-state index < -0.39 is 16.7 Å². The molecule has 1 unspecified atom stereocenters. The highest BCUT2D eigenvalue weighted by atomic mass is 79.9. The van der Waals surface area contributed by atoms with Gasteiger partial charge < -0.3 is 0 Å². The summed E-state index contributed by atoms with van der Waals surface area (Å²) < 4.78 is 37.0. The molecule has 0 aliphatic carbocycles. The molecule has 94 valence electrons. The maximum Gasteiger partial charge on any atom is 0.446 e. The van der Waals surface area contributed by atoms with Gasteiger partial charge in [-0.05, 0) is 46.7 Å². The quantitative estimate of drug-likeness (QED) is 0.441. The molecule has 0 N–H and O–H groups in total. The molecule has 17 heavy (non-hydrogen) atoms. The first kappa shape index (κ1) is 14.9. The summed E-state index contributed by atoms with van der Waals surface area (Å²) in [5.74, 6) is -0.400. The average Bonchev–Trinajstić information content (AvgIpc) is 2.18. The van der Waals surface area contributed by atoms with E-state index in [1.54, 1.807) is 0 Å². The Kier molecular flexibility index (Phi) is 4.92. The van der Waals surface area contributed by atoms with Crippen molar-refractivity contribution >= 4 is 45.1 Å². The summed E-state index contributed by atoms with van der Waals surface area (Å²) >= 11 is 8.33. The molecule has 0 amide bonds. The Labute approximate surface area is 114 Å². The number of alkyl halides is 4. The van der Waals surface area contributed by atoms with Crippen molar-refractivity contribution in [1.82, 2.24) is 0 Å². The van der Waals surface area contributed by atoms with E-state index in [9.17, 15) is 18.0 Å². The number of Topliss-reactive ketones (excluding diaryl/α,β-unsaturated/α-hetero) is 1. The molecule has 0 heterocycles. The largest absolute Gasteiger partial charge is 0.446 e. The minimum Gasteiger partial charge on any atom is -0.293 e. The Morgan fingerprint density at radius 2 is 2.06 bits per heavy atom. The third-order valence-corrected chi connectivity index (χ3v) is 3.74. The second kappa shape index (κ2) is 5.63. The topological polar surface area (TPSA) is 17.1 Å². The third kappa shape index (κ3) is 4.52. The number of ketones is 1. The van der Waals surface area contributed by atoms with Crippen LogP contribution >= 0.6 is 39.3 Å². The van der Waals surface area contributed by atoms with E-state index >= 15 is 0 Å². The van der Waals surface area contributed by atoms with Crippen molar-refractivity contribution in [1.29, 1.82) is 0 Å². The van der Waals surface area contributed by atoms with Gasteiger partial charge in [-0.3, -0.25) is 4.79 Å². The lowest BCUT2D eigenvalue weighted by atomic mass is 10.1. The molecule has 1 nitrogen and oxygen atoms in total. The summed E-state index contributed by atoms with van der Waals surface area (Å²) in [7, 11) is 0. The maximum atomic E-state index is 12.2. The zero-order valence-electron chi connectivity index (χ0n) is 8.52. The first-order chi connectivity index (χ1) is 7.70. The summed E-state index contributed by atoms with van der Waals surface area (Å²) in [5, 5.41) is -0.764. The van der Waals surface area contributed by atoms with E-state index in [-0.39, 0.29) is 22.2 Å². The minimum absolute atomic E-state index is 0.0549. The number of rotatable bonds is 3. The van der Waals surface area contributed by atoms with Gasteiger partial charge >= 0.3 is 5.51 Å².